The SMILES string of the molecule is CC#CCOc1ccc(S(=O)(=O)N(CCCc2ccccc2)CC(=O)NO)cc1. The fourth-order valence-electron chi connectivity index (χ4n) is 2.63. The number of nitrogens with one attached hydrogen (secondary N) is 1. The molecule has 2 rings (SSSR count). The molecule has 0 radical (unpaired) electrons. The highest BCUT2D eigenvalue weighted by Gasteiger charge is 2.26. The van der Waals surface area contributed by atoms with Gasteiger partial charge in [-0.05, 0) is 49.6 Å². The maximum atomic E-state index is 13.0. The molecule has 0 unspecified atom stereocenters. The van der Waals surface area contributed by atoms with Crippen molar-refractivity contribution in [3.05, 3.63) is 60.2 Å². The van der Waals surface area contributed by atoms with Crippen LogP contribution < -0.4 is 10.2 Å². The monoisotopic (exact) mass is 416 g/mol. The van der Waals surface area contributed by atoms with Crippen LogP contribution in [0.2, 0.25) is 0 Å². The molecule has 0 aliphatic rings. The summed E-state index contributed by atoms with van der Waals surface area (Å²) in [5, 5.41) is 8.81. The van der Waals surface area contributed by atoms with Crippen molar-refractivity contribution in [3.63, 3.8) is 0 Å². The van der Waals surface area contributed by atoms with E-state index in [0.29, 0.717) is 18.6 Å². The molecule has 0 fully saturated rings. The minimum absolute atomic E-state index is 0.0388. The molecule has 154 valence electrons. The topological polar surface area (TPSA) is 95.9 Å². The van der Waals surface area contributed by atoms with Crippen molar-refractivity contribution in [1.29, 1.82) is 0 Å². The molecule has 2 aromatic rings. The van der Waals surface area contributed by atoms with Crippen LogP contribution in [0.25, 0.3) is 0 Å². The second kappa shape index (κ2) is 11.2. The van der Waals surface area contributed by atoms with Crippen LogP contribution in [0.4, 0.5) is 0 Å². The van der Waals surface area contributed by atoms with Crippen LogP contribution in [-0.2, 0) is 21.2 Å². The van der Waals surface area contributed by atoms with Crippen molar-refractivity contribution >= 4 is 15.9 Å². The van der Waals surface area contributed by atoms with Gasteiger partial charge in [-0.1, -0.05) is 36.3 Å². The molecule has 2 aromatic carbocycles. The first-order chi connectivity index (χ1) is 14.0. The fraction of sp³-hybridized carbons (Fsp3) is 0.286. The van der Waals surface area contributed by atoms with Crippen LogP contribution in [0.3, 0.4) is 0 Å². The van der Waals surface area contributed by atoms with Gasteiger partial charge in [-0.2, -0.15) is 4.31 Å². The zero-order valence-electron chi connectivity index (χ0n) is 16.2. The van der Waals surface area contributed by atoms with Gasteiger partial charge in [-0.3, -0.25) is 10.0 Å². The molecule has 8 heteroatoms. The molecule has 0 heterocycles. The van der Waals surface area contributed by atoms with E-state index < -0.39 is 22.5 Å². The summed E-state index contributed by atoms with van der Waals surface area (Å²) >= 11 is 0. The van der Waals surface area contributed by atoms with Gasteiger partial charge in [-0.15, -0.1) is 5.92 Å². The van der Waals surface area contributed by atoms with E-state index in [9.17, 15) is 13.2 Å². The molecule has 1 amide bonds. The summed E-state index contributed by atoms with van der Waals surface area (Å²) in [5.74, 6) is 5.16. The predicted octanol–water partition coefficient (Wildman–Crippen LogP) is 2.22. The Morgan fingerprint density at radius 1 is 1.14 bits per heavy atom. The Hall–Kier alpha value is -2.86. The Labute approximate surface area is 171 Å². The Kier molecular flexibility index (Phi) is 8.68. The highest BCUT2D eigenvalue weighted by atomic mass is 32.2. The maximum absolute atomic E-state index is 13.0. The van der Waals surface area contributed by atoms with Crippen molar-refractivity contribution in [1.82, 2.24) is 9.79 Å². The third-order valence-electron chi connectivity index (χ3n) is 4.11. The average molecular weight is 416 g/mol. The number of hydroxylamine groups is 1. The largest absolute Gasteiger partial charge is 0.481 e. The predicted molar refractivity (Wildman–Crippen MR) is 109 cm³/mol. The van der Waals surface area contributed by atoms with Crippen LogP contribution in [0, 0.1) is 11.8 Å². The molecule has 0 atom stereocenters. The second-order valence-electron chi connectivity index (χ2n) is 6.15. The van der Waals surface area contributed by atoms with Crippen LogP contribution >= 0.6 is 0 Å². The zero-order valence-corrected chi connectivity index (χ0v) is 17.0. The minimum atomic E-state index is -3.92. The number of hydrogen-bond acceptors (Lipinski definition) is 5. The van der Waals surface area contributed by atoms with Gasteiger partial charge in [0, 0.05) is 6.54 Å². The zero-order chi connectivity index (χ0) is 21.1. The molecule has 29 heavy (non-hydrogen) atoms. The number of hydrogen-bond donors (Lipinski definition) is 2. The van der Waals surface area contributed by atoms with Gasteiger partial charge < -0.3 is 4.74 Å². The third kappa shape index (κ3) is 6.91. The van der Waals surface area contributed by atoms with Gasteiger partial charge in [0.1, 0.15) is 12.4 Å². The lowest BCUT2D eigenvalue weighted by molar-refractivity contribution is -0.129. The fourth-order valence-corrected chi connectivity index (χ4v) is 4.07. The van der Waals surface area contributed by atoms with E-state index in [2.05, 4.69) is 11.8 Å². The van der Waals surface area contributed by atoms with Gasteiger partial charge in [-0.25, -0.2) is 13.9 Å². The van der Waals surface area contributed by atoms with Gasteiger partial charge in [0.25, 0.3) is 5.91 Å². The normalized spacial score (nSPS) is 10.9. The number of sulfonamides is 1. The van der Waals surface area contributed by atoms with Gasteiger partial charge in [0.15, 0.2) is 0 Å². The number of amides is 1. The van der Waals surface area contributed by atoms with Crippen LogP contribution in [0.5, 0.6) is 5.75 Å². The highest BCUT2D eigenvalue weighted by Crippen LogP contribution is 2.20. The number of rotatable bonds is 10. The number of ether oxygens (including phenoxy) is 1. The van der Waals surface area contributed by atoms with Crippen LogP contribution in [0.1, 0.15) is 18.9 Å². The van der Waals surface area contributed by atoms with Crippen molar-refractivity contribution < 1.29 is 23.2 Å². The Bertz CT molecular complexity index is 948. The summed E-state index contributed by atoms with van der Waals surface area (Å²) in [6.45, 7) is 1.58. The lowest BCUT2D eigenvalue weighted by atomic mass is 10.1. The third-order valence-corrected chi connectivity index (χ3v) is 5.97. The highest BCUT2D eigenvalue weighted by molar-refractivity contribution is 7.89. The van der Waals surface area contributed by atoms with Crippen molar-refractivity contribution in [2.75, 3.05) is 19.7 Å². The van der Waals surface area contributed by atoms with E-state index in [1.807, 2.05) is 30.3 Å². The van der Waals surface area contributed by atoms with Gasteiger partial charge >= 0.3 is 0 Å². The summed E-state index contributed by atoms with van der Waals surface area (Å²) < 4.78 is 32.4. The number of carbonyl (C=O) groups is 1. The molecule has 0 aliphatic carbocycles. The van der Waals surface area contributed by atoms with Crippen molar-refractivity contribution in [2.45, 2.75) is 24.7 Å². The standard InChI is InChI=1S/C21H24N2O5S/c1-2-3-16-28-19-11-13-20(14-12-19)29(26,27)23(17-21(24)22-25)15-7-10-18-8-5-4-6-9-18/h4-6,8-9,11-14,25H,7,10,15-17H2,1H3,(H,22,24). The molecule has 0 bridgehead atoms. The molecule has 2 N–H and O–H groups in total. The lowest BCUT2D eigenvalue weighted by Gasteiger charge is -2.21. The first-order valence-electron chi connectivity index (χ1n) is 9.07. The van der Waals surface area contributed by atoms with E-state index in [4.69, 9.17) is 9.94 Å². The number of carbonyl (C=O) groups excluding carboxylic acids is 1. The average Bonchev–Trinajstić information content (AvgIpc) is 2.74. The molecular formula is C21H24N2O5S. The lowest BCUT2D eigenvalue weighted by Crippen LogP contribution is -2.40. The van der Waals surface area contributed by atoms with Crippen molar-refractivity contribution in [2.24, 2.45) is 0 Å². The Morgan fingerprint density at radius 2 is 1.83 bits per heavy atom. The van der Waals surface area contributed by atoms with Gasteiger partial charge in [0.2, 0.25) is 10.0 Å². The van der Waals surface area contributed by atoms with E-state index in [1.165, 1.54) is 17.6 Å². The number of nitrogens with zero attached hydrogens (tertiary/aromatic N) is 1. The summed E-state index contributed by atoms with van der Waals surface area (Å²) in [7, 11) is -3.92. The second-order valence-corrected chi connectivity index (χ2v) is 8.09. The summed E-state index contributed by atoms with van der Waals surface area (Å²) in [5.41, 5.74) is 2.56. The maximum Gasteiger partial charge on any atom is 0.258 e. The summed E-state index contributed by atoms with van der Waals surface area (Å²) in [6.07, 6.45) is 1.19. The van der Waals surface area contributed by atoms with E-state index >= 15 is 0 Å². The van der Waals surface area contributed by atoms with E-state index in [0.717, 1.165) is 9.87 Å². The number of benzene rings is 2. The molecule has 0 saturated carbocycles. The summed E-state index contributed by atoms with van der Waals surface area (Å²) in [4.78, 5) is 11.7. The van der Waals surface area contributed by atoms with Crippen LogP contribution in [0.15, 0.2) is 59.5 Å². The number of aryl methyl sites for hydroxylation is 1. The molecule has 0 aromatic heterocycles. The summed E-state index contributed by atoms with van der Waals surface area (Å²) in [6, 6.07) is 15.6. The smallest absolute Gasteiger partial charge is 0.258 e. The first-order valence-corrected chi connectivity index (χ1v) is 10.5. The van der Waals surface area contributed by atoms with E-state index in [1.54, 1.807) is 19.1 Å². The Morgan fingerprint density at radius 3 is 2.45 bits per heavy atom. The molecular weight excluding hydrogens is 392 g/mol. The van der Waals surface area contributed by atoms with E-state index in [-0.39, 0.29) is 18.0 Å². The first kappa shape index (κ1) is 22.4. The molecule has 0 aliphatic heterocycles. The molecule has 7 nitrogen and oxygen atoms in total. The van der Waals surface area contributed by atoms with Crippen LogP contribution in [-0.4, -0.2) is 43.5 Å². The molecule has 0 saturated heterocycles. The van der Waals surface area contributed by atoms with Gasteiger partial charge in [0.05, 0.1) is 11.4 Å². The molecule has 0 spiro atoms. The quantitative estimate of drug-likeness (QED) is 0.352. The minimum Gasteiger partial charge on any atom is -0.481 e. The van der Waals surface area contributed by atoms with Crippen molar-refractivity contribution in [3.8, 4) is 17.6 Å². The Balaban J connectivity index is 2.11.